The van der Waals surface area contributed by atoms with Crippen LogP contribution in [0.2, 0.25) is 0 Å². The highest BCUT2D eigenvalue weighted by Crippen LogP contribution is 2.35. The van der Waals surface area contributed by atoms with Crippen LogP contribution in [0.25, 0.3) is 10.2 Å². The third kappa shape index (κ3) is 3.74. The lowest BCUT2D eigenvalue weighted by molar-refractivity contribution is 0.507. The first kappa shape index (κ1) is 17.7. The van der Waals surface area contributed by atoms with Gasteiger partial charge in [0.1, 0.15) is 22.2 Å². The molecule has 0 aliphatic carbocycles. The molecule has 4 aromatic rings. The number of furan rings is 1. The molecule has 5 heteroatoms. The van der Waals surface area contributed by atoms with Crippen LogP contribution in [-0.4, -0.2) is 17.0 Å². The van der Waals surface area contributed by atoms with Crippen molar-refractivity contribution in [3.63, 3.8) is 0 Å². The van der Waals surface area contributed by atoms with Crippen molar-refractivity contribution in [3.8, 4) is 0 Å². The number of hydrogen-bond donors (Lipinski definition) is 0. The fourth-order valence-electron chi connectivity index (χ4n) is 3.27. The molecule has 3 heterocycles. The lowest BCUT2D eigenvalue weighted by atomic mass is 10.1. The molecule has 4 rings (SSSR count). The second-order valence-electron chi connectivity index (χ2n) is 6.85. The van der Waals surface area contributed by atoms with Gasteiger partial charge in [0.05, 0.1) is 18.2 Å². The van der Waals surface area contributed by atoms with Gasteiger partial charge in [-0.15, -0.1) is 11.3 Å². The predicted octanol–water partition coefficient (Wildman–Crippen LogP) is 5.32. The van der Waals surface area contributed by atoms with Crippen LogP contribution >= 0.6 is 11.3 Å². The molecule has 0 saturated heterocycles. The average molecular weight is 378 g/mol. The number of thiophene rings is 1. The maximum absolute atomic E-state index is 5.53. The van der Waals surface area contributed by atoms with Gasteiger partial charge in [0.2, 0.25) is 0 Å². The van der Waals surface area contributed by atoms with Crippen molar-refractivity contribution in [1.82, 2.24) is 9.97 Å². The standard InChI is InChI=1S/C22H23N3OS/c1-15-16(2)27-22-20(15)21(25(3)14-18-10-7-13-26-18)23-19(24-22)12-11-17-8-5-4-6-9-17/h4-10,13H,11-12,14H2,1-3H3. The lowest BCUT2D eigenvalue weighted by Crippen LogP contribution is -2.19. The van der Waals surface area contributed by atoms with E-state index in [9.17, 15) is 0 Å². The molecule has 138 valence electrons. The Morgan fingerprint density at radius 1 is 1.00 bits per heavy atom. The van der Waals surface area contributed by atoms with E-state index < -0.39 is 0 Å². The molecule has 0 saturated carbocycles. The molecule has 4 nitrogen and oxygen atoms in total. The molecular weight excluding hydrogens is 354 g/mol. The predicted molar refractivity (Wildman–Crippen MR) is 112 cm³/mol. The summed E-state index contributed by atoms with van der Waals surface area (Å²) >= 11 is 1.75. The largest absolute Gasteiger partial charge is 0.467 e. The zero-order valence-corrected chi connectivity index (χ0v) is 16.7. The second-order valence-corrected chi connectivity index (χ2v) is 8.05. The van der Waals surface area contributed by atoms with Crippen molar-refractivity contribution in [3.05, 3.63) is 76.3 Å². The number of benzene rings is 1. The summed E-state index contributed by atoms with van der Waals surface area (Å²) < 4.78 is 5.53. The summed E-state index contributed by atoms with van der Waals surface area (Å²) in [5.74, 6) is 2.81. The molecule has 0 aliphatic rings. The maximum Gasteiger partial charge on any atom is 0.141 e. The zero-order valence-electron chi connectivity index (χ0n) is 15.9. The van der Waals surface area contributed by atoms with Crippen molar-refractivity contribution in [2.45, 2.75) is 33.2 Å². The van der Waals surface area contributed by atoms with Crippen LogP contribution in [0.5, 0.6) is 0 Å². The van der Waals surface area contributed by atoms with Crippen LogP contribution in [0.15, 0.2) is 53.1 Å². The minimum Gasteiger partial charge on any atom is -0.467 e. The van der Waals surface area contributed by atoms with E-state index >= 15 is 0 Å². The highest BCUT2D eigenvalue weighted by atomic mass is 32.1. The summed E-state index contributed by atoms with van der Waals surface area (Å²) in [6.07, 6.45) is 3.48. The fraction of sp³-hybridized carbons (Fsp3) is 0.273. The van der Waals surface area contributed by atoms with Crippen LogP contribution in [0.4, 0.5) is 5.82 Å². The monoisotopic (exact) mass is 377 g/mol. The van der Waals surface area contributed by atoms with Gasteiger partial charge in [-0.3, -0.25) is 0 Å². The van der Waals surface area contributed by atoms with E-state index in [1.54, 1.807) is 17.6 Å². The van der Waals surface area contributed by atoms with E-state index in [0.29, 0.717) is 6.54 Å². The first-order valence-corrected chi connectivity index (χ1v) is 9.97. The highest BCUT2D eigenvalue weighted by molar-refractivity contribution is 7.18. The molecule has 0 spiro atoms. The number of hydrogen-bond acceptors (Lipinski definition) is 5. The summed E-state index contributed by atoms with van der Waals surface area (Å²) in [6, 6.07) is 14.4. The fourth-order valence-corrected chi connectivity index (χ4v) is 4.31. The quantitative estimate of drug-likeness (QED) is 0.456. The van der Waals surface area contributed by atoms with Gasteiger partial charge in [-0.2, -0.15) is 0 Å². The van der Waals surface area contributed by atoms with Gasteiger partial charge in [0, 0.05) is 18.3 Å². The van der Waals surface area contributed by atoms with Gasteiger partial charge in [0.25, 0.3) is 0 Å². The maximum atomic E-state index is 5.53. The number of rotatable bonds is 6. The Hall–Kier alpha value is -2.66. The van der Waals surface area contributed by atoms with E-state index in [2.05, 4.69) is 50.1 Å². The molecule has 0 N–H and O–H groups in total. The molecule has 0 unspecified atom stereocenters. The molecule has 1 aromatic carbocycles. The van der Waals surface area contributed by atoms with Gasteiger partial charge in [-0.25, -0.2) is 9.97 Å². The van der Waals surface area contributed by atoms with Crippen LogP contribution in [0.3, 0.4) is 0 Å². The topological polar surface area (TPSA) is 42.2 Å². The second kappa shape index (κ2) is 7.53. The Balaban J connectivity index is 1.68. The summed E-state index contributed by atoms with van der Waals surface area (Å²) in [4.78, 5) is 14.4. The number of anilines is 1. The molecule has 0 amide bonds. The molecule has 27 heavy (non-hydrogen) atoms. The summed E-state index contributed by atoms with van der Waals surface area (Å²) in [6.45, 7) is 5.00. The van der Waals surface area contributed by atoms with Crippen LogP contribution < -0.4 is 4.90 Å². The number of aryl methyl sites for hydroxylation is 4. The Kier molecular flexibility index (Phi) is 4.94. The number of aromatic nitrogens is 2. The highest BCUT2D eigenvalue weighted by Gasteiger charge is 2.18. The van der Waals surface area contributed by atoms with Crippen LogP contribution in [0.1, 0.15) is 27.6 Å². The van der Waals surface area contributed by atoms with E-state index in [-0.39, 0.29) is 0 Å². The molecule has 0 radical (unpaired) electrons. The van der Waals surface area contributed by atoms with Gasteiger partial charge in [-0.05, 0) is 43.5 Å². The molecule has 0 bridgehead atoms. The van der Waals surface area contributed by atoms with Crippen LogP contribution in [0, 0.1) is 13.8 Å². The van der Waals surface area contributed by atoms with Crippen molar-refractivity contribution in [1.29, 1.82) is 0 Å². The van der Waals surface area contributed by atoms with Crippen molar-refractivity contribution >= 4 is 27.4 Å². The molecule has 0 aliphatic heterocycles. The van der Waals surface area contributed by atoms with Gasteiger partial charge in [0.15, 0.2) is 0 Å². The van der Waals surface area contributed by atoms with E-state index in [0.717, 1.165) is 40.5 Å². The SMILES string of the molecule is Cc1sc2nc(CCc3ccccc3)nc(N(C)Cc3ccco3)c2c1C. The summed E-state index contributed by atoms with van der Waals surface area (Å²) in [7, 11) is 2.07. The first-order chi connectivity index (χ1) is 13.1. The minimum atomic E-state index is 0.686. The summed E-state index contributed by atoms with van der Waals surface area (Å²) in [5.41, 5.74) is 2.58. The Labute approximate surface area is 163 Å². The lowest BCUT2D eigenvalue weighted by Gasteiger charge is -2.19. The Bertz CT molecular complexity index is 1040. The zero-order chi connectivity index (χ0) is 18.8. The van der Waals surface area contributed by atoms with E-state index in [4.69, 9.17) is 14.4 Å². The number of fused-ring (bicyclic) bond motifs is 1. The average Bonchev–Trinajstić information content (AvgIpc) is 3.28. The third-order valence-electron chi connectivity index (χ3n) is 4.87. The van der Waals surface area contributed by atoms with Crippen molar-refractivity contribution in [2.24, 2.45) is 0 Å². The van der Waals surface area contributed by atoms with E-state index in [1.165, 1.54) is 16.0 Å². The molecular formula is C22H23N3OS. The molecule has 0 fully saturated rings. The normalized spacial score (nSPS) is 11.2. The van der Waals surface area contributed by atoms with Crippen molar-refractivity contribution < 1.29 is 4.42 Å². The Morgan fingerprint density at radius 3 is 2.56 bits per heavy atom. The number of nitrogens with zero attached hydrogens (tertiary/aromatic N) is 3. The first-order valence-electron chi connectivity index (χ1n) is 9.16. The minimum absolute atomic E-state index is 0.686. The third-order valence-corrected chi connectivity index (χ3v) is 5.97. The Morgan fingerprint density at radius 2 is 1.81 bits per heavy atom. The van der Waals surface area contributed by atoms with Gasteiger partial charge in [-0.1, -0.05) is 30.3 Å². The van der Waals surface area contributed by atoms with Crippen LogP contribution in [-0.2, 0) is 19.4 Å². The van der Waals surface area contributed by atoms with Gasteiger partial charge >= 0.3 is 0 Å². The summed E-state index contributed by atoms with van der Waals surface area (Å²) in [5, 5.41) is 1.16. The molecule has 3 aromatic heterocycles. The van der Waals surface area contributed by atoms with Gasteiger partial charge < -0.3 is 9.32 Å². The smallest absolute Gasteiger partial charge is 0.141 e. The van der Waals surface area contributed by atoms with Crippen molar-refractivity contribution in [2.75, 3.05) is 11.9 Å². The van der Waals surface area contributed by atoms with E-state index in [1.807, 2.05) is 18.2 Å². The molecule has 0 atom stereocenters.